The van der Waals surface area contributed by atoms with Gasteiger partial charge in [-0.15, -0.1) is 24.0 Å². The number of nitrogens with one attached hydrogen (secondary N) is 2. The maximum Gasteiger partial charge on any atom is 0.191 e. The van der Waals surface area contributed by atoms with Gasteiger partial charge in [-0.2, -0.15) is 0 Å². The number of halogens is 1. The molecule has 0 aliphatic carbocycles. The van der Waals surface area contributed by atoms with E-state index in [1.165, 1.54) is 0 Å². The van der Waals surface area contributed by atoms with Crippen molar-refractivity contribution in [1.82, 2.24) is 10.6 Å². The molecule has 146 valence electrons. The summed E-state index contributed by atoms with van der Waals surface area (Å²) in [4.78, 5) is 4.64. The molecule has 0 fully saturated rings. The number of unbranched alkanes of at least 4 members (excludes halogenated alkanes) is 1. The molecule has 0 saturated carbocycles. The quantitative estimate of drug-likeness (QED) is 0.152. The van der Waals surface area contributed by atoms with Crippen LogP contribution in [-0.2, 0) is 9.47 Å². The Balaban J connectivity index is 0. The van der Waals surface area contributed by atoms with Crippen LogP contribution < -0.4 is 10.6 Å². The molecule has 0 rings (SSSR count). The van der Waals surface area contributed by atoms with E-state index in [0.717, 1.165) is 64.3 Å². The number of aliphatic hydroxyl groups is 1. The first-order valence-electron chi connectivity index (χ1n) is 8.98. The summed E-state index contributed by atoms with van der Waals surface area (Å²) in [5.74, 6) is 1.33. The van der Waals surface area contributed by atoms with E-state index >= 15 is 0 Å². The summed E-state index contributed by atoms with van der Waals surface area (Å²) in [6.45, 7) is 9.08. The zero-order valence-electron chi connectivity index (χ0n) is 15.7. The number of aliphatic imine (C=N–C) groups is 1. The predicted octanol–water partition coefficient (Wildman–Crippen LogP) is 2.40. The number of hydrogen-bond donors (Lipinski definition) is 3. The van der Waals surface area contributed by atoms with Crippen LogP contribution in [0.25, 0.3) is 0 Å². The molecule has 0 aliphatic rings. The third-order valence-corrected chi connectivity index (χ3v) is 3.53. The highest BCUT2D eigenvalue weighted by atomic mass is 127. The van der Waals surface area contributed by atoms with Crippen LogP contribution in [0.5, 0.6) is 0 Å². The van der Waals surface area contributed by atoms with Crippen molar-refractivity contribution < 1.29 is 14.6 Å². The molecule has 0 aliphatic heterocycles. The van der Waals surface area contributed by atoms with Crippen LogP contribution in [0.15, 0.2) is 4.99 Å². The van der Waals surface area contributed by atoms with Crippen molar-refractivity contribution in [2.24, 2.45) is 10.9 Å². The van der Waals surface area contributed by atoms with Gasteiger partial charge in [0.25, 0.3) is 0 Å². The summed E-state index contributed by atoms with van der Waals surface area (Å²) in [5.41, 5.74) is 0. The molecule has 1 atom stereocenters. The molecule has 0 amide bonds. The van der Waals surface area contributed by atoms with Crippen LogP contribution in [-0.4, -0.2) is 64.2 Å². The number of hydrogen-bond acceptors (Lipinski definition) is 4. The summed E-state index contributed by atoms with van der Waals surface area (Å²) in [6.07, 6.45) is 5.15. The smallest absolute Gasteiger partial charge is 0.191 e. The summed E-state index contributed by atoms with van der Waals surface area (Å²) < 4.78 is 10.4. The molecule has 0 aromatic carbocycles. The van der Waals surface area contributed by atoms with Crippen LogP contribution >= 0.6 is 24.0 Å². The van der Waals surface area contributed by atoms with Crippen LogP contribution in [0.3, 0.4) is 0 Å². The average molecular weight is 459 g/mol. The average Bonchev–Trinajstić information content (AvgIpc) is 2.55. The van der Waals surface area contributed by atoms with Crippen molar-refractivity contribution in [2.45, 2.75) is 46.0 Å². The maximum atomic E-state index is 9.11. The second-order valence-electron chi connectivity index (χ2n) is 5.63. The van der Waals surface area contributed by atoms with Gasteiger partial charge in [-0.3, -0.25) is 4.99 Å². The molecule has 0 bridgehead atoms. The van der Waals surface area contributed by atoms with Crippen molar-refractivity contribution in [3.05, 3.63) is 0 Å². The Morgan fingerprint density at radius 3 is 2.50 bits per heavy atom. The van der Waals surface area contributed by atoms with Gasteiger partial charge < -0.3 is 25.2 Å². The van der Waals surface area contributed by atoms with Crippen molar-refractivity contribution in [2.75, 3.05) is 53.2 Å². The SMILES string of the molecule is CCCC(CCO)CN=C(NCC)NCCCCOCCOC.I. The Bertz CT molecular complexity index is 276. The molecular weight excluding hydrogens is 421 g/mol. The minimum absolute atomic E-state index is 0. The molecule has 0 heterocycles. The lowest BCUT2D eigenvalue weighted by Crippen LogP contribution is -2.38. The van der Waals surface area contributed by atoms with Gasteiger partial charge in [-0.25, -0.2) is 0 Å². The molecule has 0 aromatic rings. The van der Waals surface area contributed by atoms with Gasteiger partial charge in [0.15, 0.2) is 5.96 Å². The van der Waals surface area contributed by atoms with Gasteiger partial charge in [0.1, 0.15) is 0 Å². The lowest BCUT2D eigenvalue weighted by molar-refractivity contribution is 0.0689. The first kappa shape index (κ1) is 26.1. The van der Waals surface area contributed by atoms with Gasteiger partial charge in [-0.05, 0) is 38.5 Å². The van der Waals surface area contributed by atoms with E-state index in [2.05, 4.69) is 29.5 Å². The van der Waals surface area contributed by atoms with Crippen molar-refractivity contribution in [3.8, 4) is 0 Å². The molecule has 24 heavy (non-hydrogen) atoms. The number of methoxy groups -OCH3 is 1. The summed E-state index contributed by atoms with van der Waals surface area (Å²) in [7, 11) is 1.68. The number of aliphatic hydroxyl groups excluding tert-OH is 1. The van der Waals surface area contributed by atoms with Gasteiger partial charge in [-0.1, -0.05) is 13.3 Å². The van der Waals surface area contributed by atoms with E-state index in [-0.39, 0.29) is 30.6 Å². The molecule has 0 spiro atoms. The highest BCUT2D eigenvalue weighted by Crippen LogP contribution is 2.10. The van der Waals surface area contributed by atoms with Crippen LogP contribution in [0.4, 0.5) is 0 Å². The Kier molecular flexibility index (Phi) is 22.8. The molecule has 0 radical (unpaired) electrons. The highest BCUT2D eigenvalue weighted by molar-refractivity contribution is 14.0. The van der Waals surface area contributed by atoms with Gasteiger partial charge >= 0.3 is 0 Å². The first-order chi connectivity index (χ1) is 11.3. The predicted molar refractivity (Wildman–Crippen MR) is 111 cm³/mol. The number of guanidine groups is 1. The standard InChI is InChI=1S/C17H37N3O3.HI/c1-4-8-16(9-11-21)15-20-17(18-5-2)19-10-6-7-12-23-14-13-22-3;/h16,21H,4-15H2,1-3H3,(H2,18,19,20);1H. The largest absolute Gasteiger partial charge is 0.396 e. The molecule has 0 saturated heterocycles. The molecule has 0 aromatic heterocycles. The third kappa shape index (κ3) is 16.7. The van der Waals surface area contributed by atoms with Crippen molar-refractivity contribution in [1.29, 1.82) is 0 Å². The Morgan fingerprint density at radius 1 is 1.08 bits per heavy atom. The van der Waals surface area contributed by atoms with E-state index in [9.17, 15) is 0 Å². The minimum Gasteiger partial charge on any atom is -0.396 e. The van der Waals surface area contributed by atoms with Gasteiger partial charge in [0, 0.05) is 40.0 Å². The molecule has 6 nitrogen and oxygen atoms in total. The highest BCUT2D eigenvalue weighted by Gasteiger charge is 2.07. The summed E-state index contributed by atoms with van der Waals surface area (Å²) in [6, 6.07) is 0. The van der Waals surface area contributed by atoms with Gasteiger partial charge in [0.2, 0.25) is 0 Å². The third-order valence-electron chi connectivity index (χ3n) is 3.53. The fourth-order valence-electron chi connectivity index (χ4n) is 2.26. The Hall–Kier alpha value is -0.120. The van der Waals surface area contributed by atoms with E-state index < -0.39 is 0 Å². The monoisotopic (exact) mass is 459 g/mol. The van der Waals surface area contributed by atoms with Crippen molar-refractivity contribution in [3.63, 3.8) is 0 Å². The number of ether oxygens (including phenoxy) is 2. The Morgan fingerprint density at radius 2 is 1.88 bits per heavy atom. The van der Waals surface area contributed by atoms with E-state index in [0.29, 0.717) is 19.1 Å². The second kappa shape index (κ2) is 20.9. The van der Waals surface area contributed by atoms with E-state index in [1.54, 1.807) is 7.11 Å². The lowest BCUT2D eigenvalue weighted by atomic mass is 10.0. The van der Waals surface area contributed by atoms with Crippen LogP contribution in [0.2, 0.25) is 0 Å². The summed E-state index contributed by atoms with van der Waals surface area (Å²) >= 11 is 0. The lowest BCUT2D eigenvalue weighted by Gasteiger charge is -2.15. The normalized spacial score (nSPS) is 12.6. The van der Waals surface area contributed by atoms with Crippen LogP contribution in [0.1, 0.15) is 46.0 Å². The molecular formula is C17H38IN3O3. The topological polar surface area (TPSA) is 75.1 Å². The minimum atomic E-state index is 0. The first-order valence-corrected chi connectivity index (χ1v) is 8.98. The van der Waals surface area contributed by atoms with E-state index in [1.807, 2.05) is 0 Å². The zero-order chi connectivity index (χ0) is 17.2. The zero-order valence-corrected chi connectivity index (χ0v) is 18.0. The Labute approximate surface area is 165 Å². The molecule has 1 unspecified atom stereocenters. The molecule has 7 heteroatoms. The maximum absolute atomic E-state index is 9.11. The fraction of sp³-hybridized carbons (Fsp3) is 0.941. The molecule has 3 N–H and O–H groups in total. The van der Waals surface area contributed by atoms with Gasteiger partial charge in [0.05, 0.1) is 13.2 Å². The fourth-order valence-corrected chi connectivity index (χ4v) is 2.26. The second-order valence-corrected chi connectivity index (χ2v) is 5.63. The van der Waals surface area contributed by atoms with Crippen molar-refractivity contribution >= 4 is 29.9 Å². The number of rotatable bonds is 15. The van der Waals surface area contributed by atoms with E-state index in [4.69, 9.17) is 14.6 Å². The summed E-state index contributed by atoms with van der Waals surface area (Å²) in [5, 5.41) is 15.7. The van der Waals surface area contributed by atoms with Crippen LogP contribution in [0, 0.1) is 5.92 Å². The number of nitrogens with zero attached hydrogens (tertiary/aromatic N) is 1.